The molecule has 0 atom stereocenters. The van der Waals surface area contributed by atoms with Gasteiger partial charge in [-0.3, -0.25) is 4.39 Å². The third kappa shape index (κ3) is 11.1. The predicted octanol–water partition coefficient (Wildman–Crippen LogP) is -2.15. The maximum atomic E-state index is 11.7. The second-order valence-corrected chi connectivity index (χ2v) is 1.57. The Morgan fingerprint density at radius 3 is 1.71 bits per heavy atom. The van der Waals surface area contributed by atoms with E-state index < -0.39 is 5.67 Å². The summed E-state index contributed by atoms with van der Waals surface area (Å²) in [6.45, 7) is 2.31. The van der Waals surface area contributed by atoms with Gasteiger partial charge in [-0.25, -0.2) is 6.29 Å². The smallest absolute Gasteiger partial charge is 0.539 e. The zero-order chi connectivity index (χ0) is 5.21. The average molecular weight is 128 g/mol. The van der Waals surface area contributed by atoms with E-state index in [9.17, 15) is 9.18 Å². The van der Waals surface area contributed by atoms with Crippen LogP contribution in [-0.2, 0) is 4.79 Å². The van der Waals surface area contributed by atoms with Gasteiger partial charge >= 0.3 is 51.4 Å². The molecule has 0 spiro atoms. The van der Waals surface area contributed by atoms with Crippen molar-refractivity contribution >= 4 is 6.29 Å². The molecule has 0 aliphatic carbocycles. The quantitative estimate of drug-likeness (QED) is 0.291. The van der Waals surface area contributed by atoms with Crippen molar-refractivity contribution in [3.05, 3.63) is 0 Å². The Hall–Kier alpha value is 1.24. The van der Waals surface area contributed by atoms with Crippen LogP contribution in [0.15, 0.2) is 0 Å². The molecule has 7 heavy (non-hydrogen) atoms. The van der Waals surface area contributed by atoms with Gasteiger partial charge in [-0.15, -0.1) is 0 Å². The first kappa shape index (κ1) is 11.1. The third-order valence-electron chi connectivity index (χ3n) is 0.243. The maximum absolute atomic E-state index is 11.7. The number of rotatable bonds is 1. The van der Waals surface area contributed by atoms with E-state index in [0.29, 0.717) is 0 Å². The minimum Gasteiger partial charge on any atom is -0.539 e. The largest absolute Gasteiger partial charge is 1.00 e. The molecule has 0 fully saturated rings. The van der Waals surface area contributed by atoms with Crippen LogP contribution in [0.5, 0.6) is 0 Å². The van der Waals surface area contributed by atoms with Crippen LogP contribution >= 0.6 is 0 Å². The second-order valence-electron chi connectivity index (χ2n) is 1.57. The molecule has 1 nitrogen and oxygen atoms in total. The van der Waals surface area contributed by atoms with Crippen molar-refractivity contribution in [1.29, 1.82) is 0 Å². The van der Waals surface area contributed by atoms with Gasteiger partial charge in [0.25, 0.3) is 0 Å². The van der Waals surface area contributed by atoms with Crippen LogP contribution in [0.2, 0.25) is 0 Å². The number of carbonyl (C=O) groups excluding carboxylic acids is 1. The summed E-state index contributed by atoms with van der Waals surface area (Å²) in [4.78, 5) is 9.33. The van der Waals surface area contributed by atoms with Gasteiger partial charge < -0.3 is 4.79 Å². The van der Waals surface area contributed by atoms with Gasteiger partial charge in [-0.1, -0.05) is 13.8 Å². The van der Waals surface area contributed by atoms with Crippen LogP contribution < -0.4 is 51.4 Å². The van der Waals surface area contributed by atoms with E-state index in [0.717, 1.165) is 13.8 Å². The van der Waals surface area contributed by atoms with E-state index >= 15 is 0 Å². The molecule has 36 valence electrons. The molecular weight excluding hydrogens is 122 g/mol. The first-order valence-corrected chi connectivity index (χ1v) is 1.64. The van der Waals surface area contributed by atoms with E-state index in [1.54, 1.807) is 0 Å². The van der Waals surface area contributed by atoms with Crippen LogP contribution in [0.3, 0.4) is 0 Å². The fourth-order valence-electron chi connectivity index (χ4n) is 0. The van der Waals surface area contributed by atoms with Gasteiger partial charge in [0.05, 0.1) is 0 Å². The summed E-state index contributed by atoms with van der Waals surface area (Å²) >= 11 is 0. The van der Waals surface area contributed by atoms with E-state index in [-0.39, 0.29) is 51.4 Å². The van der Waals surface area contributed by atoms with Crippen LogP contribution in [-0.4, -0.2) is 12.0 Å². The minimum atomic E-state index is -1.76. The molecule has 3 heteroatoms. The van der Waals surface area contributed by atoms with E-state index in [1.165, 1.54) is 6.29 Å². The average Bonchev–Trinajstić information content (AvgIpc) is 1.35. The molecule has 0 aliphatic heterocycles. The number of halogens is 1. The molecule has 0 saturated heterocycles. The summed E-state index contributed by atoms with van der Waals surface area (Å²) in [6, 6.07) is 0. The van der Waals surface area contributed by atoms with Gasteiger partial charge in [-0.05, 0) is 0 Å². The van der Waals surface area contributed by atoms with Crippen molar-refractivity contribution in [2.45, 2.75) is 19.5 Å². The number of hydrogen-bond acceptors (Lipinski definition) is 1. The van der Waals surface area contributed by atoms with Gasteiger partial charge in [0, 0.05) is 5.67 Å². The number of alkyl halides is 1. The van der Waals surface area contributed by atoms with Crippen molar-refractivity contribution in [1.82, 2.24) is 0 Å². The van der Waals surface area contributed by atoms with Gasteiger partial charge in [0.2, 0.25) is 0 Å². The SMILES string of the molecule is CC(C)(F)[C-]=O.[K+]. The fraction of sp³-hybridized carbons (Fsp3) is 0.750. The van der Waals surface area contributed by atoms with Crippen molar-refractivity contribution in [2.24, 2.45) is 0 Å². The van der Waals surface area contributed by atoms with Crippen molar-refractivity contribution < 1.29 is 60.6 Å². The van der Waals surface area contributed by atoms with Gasteiger partial charge in [-0.2, -0.15) is 0 Å². The summed E-state index contributed by atoms with van der Waals surface area (Å²) < 4.78 is 11.7. The maximum Gasteiger partial charge on any atom is 1.00 e. The fourth-order valence-corrected chi connectivity index (χ4v) is 0. The van der Waals surface area contributed by atoms with Crippen molar-refractivity contribution in [3.63, 3.8) is 0 Å². The van der Waals surface area contributed by atoms with Crippen LogP contribution in [0.25, 0.3) is 0 Å². The summed E-state index contributed by atoms with van der Waals surface area (Å²) in [5.41, 5.74) is -1.76. The van der Waals surface area contributed by atoms with Crippen LogP contribution in [0.4, 0.5) is 4.39 Å². The van der Waals surface area contributed by atoms with Crippen LogP contribution in [0, 0.1) is 0 Å². The Bertz CT molecular complexity index is 57.2. The van der Waals surface area contributed by atoms with Crippen molar-refractivity contribution in [3.8, 4) is 0 Å². The zero-order valence-electron chi connectivity index (χ0n) is 4.79. The zero-order valence-corrected chi connectivity index (χ0v) is 7.91. The summed E-state index contributed by atoms with van der Waals surface area (Å²) in [6.07, 6.45) is 1.19. The molecule has 0 heterocycles. The molecular formula is C4H6FKO. The van der Waals surface area contributed by atoms with E-state index in [4.69, 9.17) is 0 Å². The molecule has 0 aromatic rings. The van der Waals surface area contributed by atoms with Gasteiger partial charge in [0.1, 0.15) is 0 Å². The standard InChI is InChI=1S/C4H6FO.K/c1-4(2,5)3-6;/h1-2H3;/q-1;+1. The first-order chi connectivity index (χ1) is 2.56. The summed E-state index contributed by atoms with van der Waals surface area (Å²) in [5, 5.41) is 0. The molecule has 0 amide bonds. The Kier molecular flexibility index (Phi) is 6.57. The number of hydrogen-bond donors (Lipinski definition) is 0. The van der Waals surface area contributed by atoms with E-state index in [2.05, 4.69) is 0 Å². The minimum absolute atomic E-state index is 0. The molecule has 0 saturated carbocycles. The van der Waals surface area contributed by atoms with Crippen molar-refractivity contribution in [2.75, 3.05) is 0 Å². The Morgan fingerprint density at radius 2 is 1.71 bits per heavy atom. The molecule has 0 unspecified atom stereocenters. The Balaban J connectivity index is 0. The molecule has 0 N–H and O–H groups in total. The normalized spacial score (nSPS) is 9.57. The second kappa shape index (κ2) is 4.15. The topological polar surface area (TPSA) is 17.1 Å². The molecule has 0 bridgehead atoms. The predicted molar refractivity (Wildman–Crippen MR) is 20.9 cm³/mol. The molecule has 0 radical (unpaired) electrons. The molecule has 0 aromatic heterocycles. The van der Waals surface area contributed by atoms with Gasteiger partial charge in [0.15, 0.2) is 0 Å². The van der Waals surface area contributed by atoms with E-state index in [1.807, 2.05) is 0 Å². The Morgan fingerprint density at radius 1 is 1.57 bits per heavy atom. The molecule has 0 rings (SSSR count). The Labute approximate surface area is 85.1 Å². The molecule has 0 aromatic carbocycles. The van der Waals surface area contributed by atoms with Crippen LogP contribution in [0.1, 0.15) is 13.8 Å². The summed E-state index contributed by atoms with van der Waals surface area (Å²) in [7, 11) is 0. The summed E-state index contributed by atoms with van der Waals surface area (Å²) in [5.74, 6) is 0. The third-order valence-corrected chi connectivity index (χ3v) is 0.243. The first-order valence-electron chi connectivity index (χ1n) is 1.64. The molecule has 0 aliphatic rings. The monoisotopic (exact) mass is 128 g/mol.